The van der Waals surface area contributed by atoms with E-state index in [0.717, 1.165) is 10.9 Å². The zero-order valence-electron chi connectivity index (χ0n) is 8.62. The molecular formula is C12H12BrFO2. The van der Waals surface area contributed by atoms with Crippen molar-refractivity contribution < 1.29 is 14.3 Å². The summed E-state index contributed by atoms with van der Waals surface area (Å²) < 4.78 is 15.1. The number of aliphatic carboxylic acids is 1. The van der Waals surface area contributed by atoms with Crippen LogP contribution < -0.4 is 0 Å². The average molecular weight is 287 g/mol. The van der Waals surface area contributed by atoms with Crippen molar-refractivity contribution in [3.05, 3.63) is 34.3 Å². The fourth-order valence-electron chi connectivity index (χ4n) is 2.08. The Hall–Kier alpha value is -0.900. The van der Waals surface area contributed by atoms with E-state index < -0.39 is 17.6 Å². The molecule has 2 nitrogen and oxygen atoms in total. The molecule has 1 aromatic carbocycles. The van der Waals surface area contributed by atoms with Crippen molar-refractivity contribution in [3.63, 3.8) is 0 Å². The lowest BCUT2D eigenvalue weighted by Gasteiger charge is -2.40. The third-order valence-corrected chi connectivity index (χ3v) is 3.85. The Morgan fingerprint density at radius 1 is 1.38 bits per heavy atom. The van der Waals surface area contributed by atoms with Gasteiger partial charge in [-0.3, -0.25) is 4.79 Å². The highest BCUT2D eigenvalue weighted by atomic mass is 79.9. The smallest absolute Gasteiger partial charge is 0.312 e. The molecule has 4 heteroatoms. The molecular weight excluding hydrogens is 275 g/mol. The standard InChI is InChI=1S/C12H12BrFO2/c13-9-4-2-8(3-5-9)10(14)12(11(15)16)6-1-7-12/h2-5,10H,1,6-7H2,(H,15,16). The first kappa shape index (κ1) is 11.6. The minimum Gasteiger partial charge on any atom is -0.481 e. The van der Waals surface area contributed by atoms with E-state index in [1.165, 1.54) is 0 Å². The Kier molecular flexibility index (Phi) is 3.02. The van der Waals surface area contributed by atoms with Crippen molar-refractivity contribution in [1.29, 1.82) is 0 Å². The van der Waals surface area contributed by atoms with Crippen LogP contribution in [0.3, 0.4) is 0 Å². The van der Waals surface area contributed by atoms with Crippen molar-refractivity contribution in [3.8, 4) is 0 Å². The molecule has 86 valence electrons. The molecule has 0 amide bonds. The molecule has 0 saturated heterocycles. The molecule has 0 spiro atoms. The highest BCUT2D eigenvalue weighted by Crippen LogP contribution is 2.52. The summed E-state index contributed by atoms with van der Waals surface area (Å²) >= 11 is 3.27. The number of halogens is 2. The minimum atomic E-state index is -1.41. The first-order valence-corrected chi connectivity index (χ1v) is 5.98. The molecule has 16 heavy (non-hydrogen) atoms. The van der Waals surface area contributed by atoms with Crippen LogP contribution in [0.5, 0.6) is 0 Å². The van der Waals surface area contributed by atoms with E-state index in [9.17, 15) is 9.18 Å². The maximum atomic E-state index is 14.2. The number of carboxylic acids is 1. The number of rotatable bonds is 3. The van der Waals surface area contributed by atoms with Crippen LogP contribution in [0.15, 0.2) is 28.7 Å². The van der Waals surface area contributed by atoms with E-state index in [-0.39, 0.29) is 0 Å². The Balaban J connectivity index is 2.27. The summed E-state index contributed by atoms with van der Waals surface area (Å²) in [5.41, 5.74) is -0.737. The van der Waals surface area contributed by atoms with Gasteiger partial charge in [-0.15, -0.1) is 0 Å². The van der Waals surface area contributed by atoms with Gasteiger partial charge in [-0.25, -0.2) is 4.39 Å². The van der Waals surface area contributed by atoms with E-state index >= 15 is 0 Å². The van der Waals surface area contributed by atoms with E-state index in [0.29, 0.717) is 18.4 Å². The van der Waals surface area contributed by atoms with Gasteiger partial charge >= 0.3 is 5.97 Å². The average Bonchev–Trinajstić information content (AvgIpc) is 2.16. The topological polar surface area (TPSA) is 37.3 Å². The molecule has 1 saturated carbocycles. The van der Waals surface area contributed by atoms with Gasteiger partial charge in [0.15, 0.2) is 0 Å². The maximum absolute atomic E-state index is 14.2. The largest absolute Gasteiger partial charge is 0.481 e. The second-order valence-electron chi connectivity index (χ2n) is 4.23. The summed E-state index contributed by atoms with van der Waals surface area (Å²) in [4.78, 5) is 11.1. The van der Waals surface area contributed by atoms with Crippen LogP contribution in [0.2, 0.25) is 0 Å². The number of hydrogen-bond acceptors (Lipinski definition) is 1. The van der Waals surface area contributed by atoms with Gasteiger partial charge in [0, 0.05) is 4.47 Å². The lowest BCUT2D eigenvalue weighted by molar-refractivity contribution is -0.161. The Labute approximate surface area is 102 Å². The van der Waals surface area contributed by atoms with Crippen molar-refractivity contribution in [2.45, 2.75) is 25.4 Å². The molecule has 1 aromatic rings. The van der Waals surface area contributed by atoms with Crippen LogP contribution in [-0.4, -0.2) is 11.1 Å². The molecule has 1 unspecified atom stereocenters. The molecule has 1 aliphatic rings. The zero-order chi connectivity index (χ0) is 11.8. The molecule has 1 fully saturated rings. The van der Waals surface area contributed by atoms with Crippen LogP contribution in [0.1, 0.15) is 31.0 Å². The molecule has 0 heterocycles. The quantitative estimate of drug-likeness (QED) is 0.920. The lowest BCUT2D eigenvalue weighted by atomic mass is 9.64. The predicted octanol–water partition coefficient (Wildman–Crippen LogP) is 3.71. The minimum absolute atomic E-state index is 0.430. The molecule has 1 aliphatic carbocycles. The summed E-state index contributed by atoms with van der Waals surface area (Å²) in [6.45, 7) is 0. The van der Waals surface area contributed by atoms with Gasteiger partial charge in [-0.1, -0.05) is 34.5 Å². The number of hydrogen-bond donors (Lipinski definition) is 1. The Bertz CT molecular complexity index is 398. The van der Waals surface area contributed by atoms with Crippen LogP contribution in [-0.2, 0) is 4.79 Å². The van der Waals surface area contributed by atoms with Crippen molar-refractivity contribution in [1.82, 2.24) is 0 Å². The van der Waals surface area contributed by atoms with Crippen LogP contribution in [0.4, 0.5) is 4.39 Å². The van der Waals surface area contributed by atoms with E-state index in [4.69, 9.17) is 5.11 Å². The third kappa shape index (κ3) is 1.75. The van der Waals surface area contributed by atoms with E-state index in [2.05, 4.69) is 15.9 Å². The molecule has 0 aromatic heterocycles. The van der Waals surface area contributed by atoms with Crippen LogP contribution in [0.25, 0.3) is 0 Å². The second-order valence-corrected chi connectivity index (χ2v) is 5.14. The number of carbonyl (C=O) groups is 1. The van der Waals surface area contributed by atoms with Crippen molar-refractivity contribution in [2.75, 3.05) is 0 Å². The molecule has 0 aliphatic heterocycles. The third-order valence-electron chi connectivity index (χ3n) is 3.32. The lowest BCUT2D eigenvalue weighted by Crippen LogP contribution is -2.41. The maximum Gasteiger partial charge on any atom is 0.312 e. The molecule has 0 radical (unpaired) electrons. The fraction of sp³-hybridized carbons (Fsp3) is 0.417. The zero-order valence-corrected chi connectivity index (χ0v) is 10.2. The fourth-order valence-corrected chi connectivity index (χ4v) is 2.35. The Morgan fingerprint density at radius 3 is 2.31 bits per heavy atom. The molecule has 0 bridgehead atoms. The van der Waals surface area contributed by atoms with Gasteiger partial charge in [0.1, 0.15) is 11.6 Å². The Morgan fingerprint density at radius 2 is 1.94 bits per heavy atom. The van der Waals surface area contributed by atoms with Crippen LogP contribution >= 0.6 is 15.9 Å². The second kappa shape index (κ2) is 4.17. The predicted molar refractivity (Wildman–Crippen MR) is 61.9 cm³/mol. The van der Waals surface area contributed by atoms with Crippen LogP contribution in [0, 0.1) is 5.41 Å². The summed E-state index contributed by atoms with van der Waals surface area (Å²) in [6.07, 6.45) is 0.245. The summed E-state index contributed by atoms with van der Waals surface area (Å²) in [6, 6.07) is 6.74. The molecule has 2 rings (SSSR count). The number of alkyl halides is 1. The summed E-state index contributed by atoms with van der Waals surface area (Å²) in [5.74, 6) is -1.02. The highest BCUT2D eigenvalue weighted by molar-refractivity contribution is 9.10. The SMILES string of the molecule is O=C(O)C1(C(F)c2ccc(Br)cc2)CCC1. The molecule has 1 N–H and O–H groups in total. The summed E-state index contributed by atoms with van der Waals surface area (Å²) in [5, 5.41) is 9.12. The normalized spacial score (nSPS) is 19.9. The van der Waals surface area contributed by atoms with Gasteiger partial charge in [0.25, 0.3) is 0 Å². The summed E-state index contributed by atoms with van der Waals surface area (Å²) in [7, 11) is 0. The number of benzene rings is 1. The van der Waals surface area contributed by atoms with E-state index in [1.807, 2.05) is 0 Å². The van der Waals surface area contributed by atoms with Gasteiger partial charge in [0.2, 0.25) is 0 Å². The molecule has 1 atom stereocenters. The first-order valence-electron chi connectivity index (χ1n) is 5.19. The van der Waals surface area contributed by atoms with Gasteiger partial charge in [-0.2, -0.15) is 0 Å². The van der Waals surface area contributed by atoms with Gasteiger partial charge in [-0.05, 0) is 30.5 Å². The van der Waals surface area contributed by atoms with Gasteiger partial charge in [0.05, 0.1) is 0 Å². The van der Waals surface area contributed by atoms with Gasteiger partial charge < -0.3 is 5.11 Å². The monoisotopic (exact) mass is 286 g/mol. The first-order chi connectivity index (χ1) is 7.56. The highest BCUT2D eigenvalue weighted by Gasteiger charge is 2.51. The van der Waals surface area contributed by atoms with Crippen molar-refractivity contribution >= 4 is 21.9 Å². The van der Waals surface area contributed by atoms with E-state index in [1.54, 1.807) is 24.3 Å². The number of carboxylic acid groups (broad SMARTS) is 1. The van der Waals surface area contributed by atoms with Crippen molar-refractivity contribution in [2.24, 2.45) is 5.41 Å².